The summed E-state index contributed by atoms with van der Waals surface area (Å²) in [5.41, 5.74) is 3.45. The first-order valence-electron chi connectivity index (χ1n) is 5.33. The predicted octanol–water partition coefficient (Wildman–Crippen LogP) is 2.71. The molecule has 1 aromatic heterocycles. The lowest BCUT2D eigenvalue weighted by Gasteiger charge is -2.07. The van der Waals surface area contributed by atoms with Gasteiger partial charge in [0.2, 0.25) is 0 Å². The van der Waals surface area contributed by atoms with E-state index in [0.717, 1.165) is 18.1 Å². The van der Waals surface area contributed by atoms with Gasteiger partial charge in [-0.15, -0.1) is 0 Å². The van der Waals surface area contributed by atoms with Crippen LogP contribution in [0.25, 0.3) is 0 Å². The van der Waals surface area contributed by atoms with Crippen LogP contribution in [0.15, 0.2) is 36.7 Å². The Balaban J connectivity index is 2.02. The van der Waals surface area contributed by atoms with Crippen LogP contribution < -0.4 is 5.32 Å². The van der Waals surface area contributed by atoms with Crippen molar-refractivity contribution in [1.82, 2.24) is 9.97 Å². The van der Waals surface area contributed by atoms with Crippen molar-refractivity contribution < 1.29 is 0 Å². The molecule has 2 aromatic rings. The smallest absolute Gasteiger partial charge is 0.147 e. The zero-order valence-electron chi connectivity index (χ0n) is 9.57. The standard InChI is InChI=1S/C13H15N3/c1-10-3-5-12(6-4-10)9-16-13-11(2)14-7-8-15-13/h3-8H,9H2,1-2H3,(H,15,16). The van der Waals surface area contributed by atoms with Gasteiger partial charge >= 0.3 is 0 Å². The molecule has 1 heterocycles. The van der Waals surface area contributed by atoms with Crippen molar-refractivity contribution in [3.63, 3.8) is 0 Å². The number of nitrogens with zero attached hydrogens (tertiary/aromatic N) is 2. The first kappa shape index (κ1) is 10.6. The van der Waals surface area contributed by atoms with E-state index in [1.165, 1.54) is 11.1 Å². The highest BCUT2D eigenvalue weighted by Gasteiger charge is 1.98. The fourth-order valence-electron chi connectivity index (χ4n) is 1.47. The largest absolute Gasteiger partial charge is 0.364 e. The minimum Gasteiger partial charge on any atom is -0.364 e. The Kier molecular flexibility index (Phi) is 3.15. The van der Waals surface area contributed by atoms with Crippen molar-refractivity contribution in [2.75, 3.05) is 5.32 Å². The van der Waals surface area contributed by atoms with Crippen LogP contribution in [0.1, 0.15) is 16.8 Å². The summed E-state index contributed by atoms with van der Waals surface area (Å²) in [4.78, 5) is 8.42. The SMILES string of the molecule is Cc1ccc(CNc2nccnc2C)cc1. The average Bonchev–Trinajstić information content (AvgIpc) is 2.30. The van der Waals surface area contributed by atoms with Crippen molar-refractivity contribution in [3.05, 3.63) is 53.5 Å². The van der Waals surface area contributed by atoms with E-state index in [4.69, 9.17) is 0 Å². The van der Waals surface area contributed by atoms with E-state index in [1.54, 1.807) is 12.4 Å². The number of aryl methyl sites for hydroxylation is 2. The second-order valence-corrected chi connectivity index (χ2v) is 3.83. The van der Waals surface area contributed by atoms with Gasteiger partial charge in [-0.2, -0.15) is 0 Å². The number of hydrogen-bond donors (Lipinski definition) is 1. The highest BCUT2D eigenvalue weighted by atomic mass is 15.0. The van der Waals surface area contributed by atoms with Gasteiger partial charge < -0.3 is 5.32 Å². The first-order chi connectivity index (χ1) is 7.75. The van der Waals surface area contributed by atoms with E-state index in [1.807, 2.05) is 6.92 Å². The molecule has 0 saturated carbocycles. The predicted molar refractivity (Wildman–Crippen MR) is 65.3 cm³/mol. The van der Waals surface area contributed by atoms with Gasteiger partial charge in [0.25, 0.3) is 0 Å². The van der Waals surface area contributed by atoms with Crippen LogP contribution in [0.4, 0.5) is 5.82 Å². The molecule has 16 heavy (non-hydrogen) atoms. The molecule has 0 atom stereocenters. The second-order valence-electron chi connectivity index (χ2n) is 3.83. The number of aromatic nitrogens is 2. The Morgan fingerprint density at radius 1 is 1.00 bits per heavy atom. The van der Waals surface area contributed by atoms with Crippen LogP contribution in [-0.2, 0) is 6.54 Å². The van der Waals surface area contributed by atoms with Gasteiger partial charge in [0.15, 0.2) is 0 Å². The van der Waals surface area contributed by atoms with Gasteiger partial charge in [-0.3, -0.25) is 4.98 Å². The van der Waals surface area contributed by atoms with Crippen LogP contribution in [0.3, 0.4) is 0 Å². The normalized spacial score (nSPS) is 10.1. The molecule has 3 heteroatoms. The molecule has 1 aromatic carbocycles. The van der Waals surface area contributed by atoms with Gasteiger partial charge in [0.05, 0.1) is 5.69 Å². The summed E-state index contributed by atoms with van der Waals surface area (Å²) in [5, 5.41) is 3.28. The van der Waals surface area contributed by atoms with E-state index >= 15 is 0 Å². The monoisotopic (exact) mass is 213 g/mol. The van der Waals surface area contributed by atoms with Crippen LogP contribution in [-0.4, -0.2) is 9.97 Å². The van der Waals surface area contributed by atoms with E-state index < -0.39 is 0 Å². The number of anilines is 1. The molecule has 0 fully saturated rings. The molecule has 0 saturated heterocycles. The molecule has 0 spiro atoms. The van der Waals surface area contributed by atoms with E-state index in [0.29, 0.717) is 0 Å². The van der Waals surface area contributed by atoms with Crippen molar-refractivity contribution in [2.45, 2.75) is 20.4 Å². The molecule has 0 amide bonds. The third-order valence-corrected chi connectivity index (χ3v) is 2.46. The Hall–Kier alpha value is -1.90. The number of nitrogens with one attached hydrogen (secondary N) is 1. The molecule has 3 nitrogen and oxygen atoms in total. The lowest BCUT2D eigenvalue weighted by Crippen LogP contribution is -2.03. The Labute approximate surface area is 95.6 Å². The third kappa shape index (κ3) is 2.57. The number of rotatable bonds is 3. The molecule has 0 aliphatic rings. The minimum atomic E-state index is 0.778. The molecular formula is C13H15N3. The van der Waals surface area contributed by atoms with Gasteiger partial charge in [-0.25, -0.2) is 4.98 Å². The Morgan fingerprint density at radius 2 is 1.69 bits per heavy atom. The lowest BCUT2D eigenvalue weighted by atomic mass is 10.1. The fourth-order valence-corrected chi connectivity index (χ4v) is 1.47. The van der Waals surface area contributed by atoms with Crippen molar-refractivity contribution in [1.29, 1.82) is 0 Å². The Morgan fingerprint density at radius 3 is 2.38 bits per heavy atom. The highest BCUT2D eigenvalue weighted by Crippen LogP contribution is 2.09. The quantitative estimate of drug-likeness (QED) is 0.851. The molecule has 0 bridgehead atoms. The summed E-state index contributed by atoms with van der Waals surface area (Å²) in [6.45, 7) is 4.81. The molecule has 0 radical (unpaired) electrons. The summed E-state index contributed by atoms with van der Waals surface area (Å²) < 4.78 is 0. The van der Waals surface area contributed by atoms with Gasteiger partial charge in [0.1, 0.15) is 5.82 Å². The molecule has 1 N–H and O–H groups in total. The van der Waals surface area contributed by atoms with E-state index in [-0.39, 0.29) is 0 Å². The van der Waals surface area contributed by atoms with Crippen molar-refractivity contribution >= 4 is 5.82 Å². The van der Waals surface area contributed by atoms with Crippen LogP contribution in [0, 0.1) is 13.8 Å². The maximum Gasteiger partial charge on any atom is 0.147 e. The van der Waals surface area contributed by atoms with Gasteiger partial charge in [-0.05, 0) is 19.4 Å². The average molecular weight is 213 g/mol. The molecule has 0 unspecified atom stereocenters. The van der Waals surface area contributed by atoms with Crippen LogP contribution >= 0.6 is 0 Å². The summed E-state index contributed by atoms with van der Waals surface area (Å²) in [5.74, 6) is 0.850. The molecule has 82 valence electrons. The molecular weight excluding hydrogens is 198 g/mol. The zero-order valence-corrected chi connectivity index (χ0v) is 9.57. The molecule has 0 aliphatic heterocycles. The number of benzene rings is 1. The molecule has 0 aliphatic carbocycles. The third-order valence-electron chi connectivity index (χ3n) is 2.46. The topological polar surface area (TPSA) is 37.8 Å². The zero-order chi connectivity index (χ0) is 11.4. The number of hydrogen-bond acceptors (Lipinski definition) is 3. The summed E-state index contributed by atoms with van der Waals surface area (Å²) >= 11 is 0. The van der Waals surface area contributed by atoms with E-state index in [9.17, 15) is 0 Å². The Bertz CT molecular complexity index is 463. The van der Waals surface area contributed by atoms with Crippen molar-refractivity contribution in [2.24, 2.45) is 0 Å². The van der Waals surface area contributed by atoms with E-state index in [2.05, 4.69) is 46.5 Å². The minimum absolute atomic E-state index is 0.778. The van der Waals surface area contributed by atoms with Gasteiger partial charge in [-0.1, -0.05) is 29.8 Å². The fraction of sp³-hybridized carbons (Fsp3) is 0.231. The first-order valence-corrected chi connectivity index (χ1v) is 5.33. The van der Waals surface area contributed by atoms with Crippen LogP contribution in [0.2, 0.25) is 0 Å². The van der Waals surface area contributed by atoms with Crippen molar-refractivity contribution in [3.8, 4) is 0 Å². The molecule has 2 rings (SSSR count). The maximum absolute atomic E-state index is 4.24. The second kappa shape index (κ2) is 4.75. The van der Waals surface area contributed by atoms with Gasteiger partial charge in [0, 0.05) is 18.9 Å². The summed E-state index contributed by atoms with van der Waals surface area (Å²) in [7, 11) is 0. The van der Waals surface area contributed by atoms with Crippen LogP contribution in [0.5, 0.6) is 0 Å². The highest BCUT2D eigenvalue weighted by molar-refractivity contribution is 5.39. The summed E-state index contributed by atoms with van der Waals surface area (Å²) in [6.07, 6.45) is 3.40. The lowest BCUT2D eigenvalue weighted by molar-refractivity contribution is 1.05. The summed E-state index contributed by atoms with van der Waals surface area (Å²) in [6, 6.07) is 8.46. The maximum atomic E-state index is 4.24.